The second-order valence-electron chi connectivity index (χ2n) is 3.29. The average Bonchev–Trinajstić information content (AvgIpc) is 2.36. The summed E-state index contributed by atoms with van der Waals surface area (Å²) < 4.78 is 0. The van der Waals surface area contributed by atoms with Gasteiger partial charge < -0.3 is 4.84 Å². The van der Waals surface area contributed by atoms with Crippen LogP contribution in [0.1, 0.15) is 20.3 Å². The van der Waals surface area contributed by atoms with Crippen LogP contribution >= 0.6 is 0 Å². The predicted octanol–water partition coefficient (Wildman–Crippen LogP) is 0.889. The average molecular weight is 183 g/mol. The molecule has 1 rings (SSSR count). The Bertz CT molecular complexity index is 260. The molecule has 4 nitrogen and oxygen atoms in total. The first-order valence-corrected chi connectivity index (χ1v) is 4.21. The van der Waals surface area contributed by atoms with Crippen LogP contribution in [-0.2, 0) is 14.4 Å². The Balaban J connectivity index is 2.52. The number of carbonyl (C=O) groups excluding carboxylic acids is 2. The molecular weight excluding hydrogens is 170 g/mol. The SMILES string of the molecule is C=C(C)C(=O)ON1CCC(C)C1=O. The number of carbonyl (C=O) groups is 2. The van der Waals surface area contributed by atoms with Gasteiger partial charge in [0.05, 0.1) is 6.54 Å². The van der Waals surface area contributed by atoms with Crippen molar-refractivity contribution in [3.05, 3.63) is 12.2 Å². The molecule has 0 aromatic carbocycles. The molecule has 1 amide bonds. The van der Waals surface area contributed by atoms with Crippen molar-refractivity contribution in [2.75, 3.05) is 6.54 Å². The van der Waals surface area contributed by atoms with Crippen LogP contribution in [0.15, 0.2) is 12.2 Å². The highest BCUT2D eigenvalue weighted by molar-refractivity contribution is 5.89. The van der Waals surface area contributed by atoms with Crippen LogP contribution in [0, 0.1) is 5.92 Å². The maximum absolute atomic E-state index is 11.3. The molecule has 0 aliphatic carbocycles. The fourth-order valence-corrected chi connectivity index (χ4v) is 1.06. The van der Waals surface area contributed by atoms with Crippen molar-refractivity contribution < 1.29 is 14.4 Å². The second kappa shape index (κ2) is 3.60. The summed E-state index contributed by atoms with van der Waals surface area (Å²) in [5.74, 6) is -0.713. The number of hydrogen-bond acceptors (Lipinski definition) is 3. The van der Waals surface area contributed by atoms with Crippen LogP contribution in [0.25, 0.3) is 0 Å². The van der Waals surface area contributed by atoms with Crippen LogP contribution in [-0.4, -0.2) is 23.5 Å². The normalized spacial score (nSPS) is 21.8. The van der Waals surface area contributed by atoms with Crippen molar-refractivity contribution in [1.29, 1.82) is 0 Å². The molecule has 0 radical (unpaired) electrons. The van der Waals surface area contributed by atoms with Crippen molar-refractivity contribution in [3.8, 4) is 0 Å². The van der Waals surface area contributed by atoms with Crippen molar-refractivity contribution in [1.82, 2.24) is 5.06 Å². The smallest absolute Gasteiger partial charge is 0.333 e. The molecule has 13 heavy (non-hydrogen) atoms. The molecule has 72 valence electrons. The monoisotopic (exact) mass is 183 g/mol. The Morgan fingerprint density at radius 2 is 2.31 bits per heavy atom. The fraction of sp³-hybridized carbons (Fsp3) is 0.556. The first kappa shape index (κ1) is 9.77. The highest BCUT2D eigenvalue weighted by atomic mass is 16.7. The van der Waals surface area contributed by atoms with Crippen molar-refractivity contribution >= 4 is 11.9 Å². The summed E-state index contributed by atoms with van der Waals surface area (Å²) in [5, 5.41) is 1.11. The molecule has 1 heterocycles. The van der Waals surface area contributed by atoms with E-state index in [1.54, 1.807) is 6.92 Å². The van der Waals surface area contributed by atoms with E-state index in [-0.39, 0.29) is 11.8 Å². The minimum Gasteiger partial charge on any atom is -0.333 e. The minimum atomic E-state index is -0.539. The van der Waals surface area contributed by atoms with E-state index in [9.17, 15) is 9.59 Å². The van der Waals surface area contributed by atoms with Gasteiger partial charge in [0.25, 0.3) is 5.91 Å². The van der Waals surface area contributed by atoms with Crippen LogP contribution < -0.4 is 0 Å². The third-order valence-electron chi connectivity index (χ3n) is 1.97. The summed E-state index contributed by atoms with van der Waals surface area (Å²) >= 11 is 0. The molecule has 1 saturated heterocycles. The molecule has 4 heteroatoms. The van der Waals surface area contributed by atoms with Gasteiger partial charge in [-0.3, -0.25) is 4.79 Å². The number of amides is 1. The quantitative estimate of drug-likeness (QED) is 0.597. The Labute approximate surface area is 77.1 Å². The van der Waals surface area contributed by atoms with Gasteiger partial charge >= 0.3 is 5.97 Å². The maximum Gasteiger partial charge on any atom is 0.358 e. The lowest BCUT2D eigenvalue weighted by atomic mass is 10.1. The highest BCUT2D eigenvalue weighted by Gasteiger charge is 2.30. The van der Waals surface area contributed by atoms with Gasteiger partial charge in [-0.05, 0) is 13.3 Å². The number of hydroxylamine groups is 2. The third kappa shape index (κ3) is 2.08. The topological polar surface area (TPSA) is 46.6 Å². The lowest BCUT2D eigenvalue weighted by molar-refractivity contribution is -0.190. The first-order valence-electron chi connectivity index (χ1n) is 4.21. The third-order valence-corrected chi connectivity index (χ3v) is 1.97. The molecular formula is C9H13NO3. The van der Waals surface area contributed by atoms with E-state index in [4.69, 9.17) is 4.84 Å². The van der Waals surface area contributed by atoms with Gasteiger partial charge in [-0.15, -0.1) is 0 Å². The molecule has 0 aromatic heterocycles. The van der Waals surface area contributed by atoms with Gasteiger partial charge in [0.15, 0.2) is 0 Å². The molecule has 1 fully saturated rings. The number of nitrogens with zero attached hydrogens (tertiary/aromatic N) is 1. The van der Waals surface area contributed by atoms with E-state index < -0.39 is 5.97 Å². The first-order chi connectivity index (χ1) is 6.02. The zero-order chi connectivity index (χ0) is 10.0. The molecule has 0 N–H and O–H groups in total. The Kier molecular flexibility index (Phi) is 2.70. The van der Waals surface area contributed by atoms with Crippen LogP contribution in [0.5, 0.6) is 0 Å². The standard InChI is InChI=1S/C9H13NO3/c1-6(2)9(12)13-10-5-4-7(3)8(10)11/h7H,1,4-5H2,2-3H3. The van der Waals surface area contributed by atoms with Gasteiger partial charge in [-0.1, -0.05) is 13.5 Å². The van der Waals surface area contributed by atoms with Crippen LogP contribution in [0.3, 0.4) is 0 Å². The lowest BCUT2D eigenvalue weighted by Gasteiger charge is -2.14. The molecule has 1 aliphatic heterocycles. The van der Waals surface area contributed by atoms with Gasteiger partial charge in [-0.25, -0.2) is 4.79 Å². The van der Waals surface area contributed by atoms with Crippen molar-refractivity contribution in [2.24, 2.45) is 5.92 Å². The van der Waals surface area contributed by atoms with Crippen molar-refractivity contribution in [3.63, 3.8) is 0 Å². The van der Waals surface area contributed by atoms with Crippen LogP contribution in [0.2, 0.25) is 0 Å². The largest absolute Gasteiger partial charge is 0.358 e. The van der Waals surface area contributed by atoms with E-state index in [1.165, 1.54) is 0 Å². The van der Waals surface area contributed by atoms with E-state index in [2.05, 4.69) is 6.58 Å². The molecule has 0 aromatic rings. The summed E-state index contributed by atoms with van der Waals surface area (Å²) in [6, 6.07) is 0. The van der Waals surface area contributed by atoms with E-state index >= 15 is 0 Å². The lowest BCUT2D eigenvalue weighted by Crippen LogP contribution is -2.30. The van der Waals surface area contributed by atoms with E-state index in [0.29, 0.717) is 12.1 Å². The molecule has 0 bridgehead atoms. The maximum atomic E-state index is 11.3. The molecule has 0 saturated carbocycles. The van der Waals surface area contributed by atoms with Crippen molar-refractivity contribution in [2.45, 2.75) is 20.3 Å². The Morgan fingerprint density at radius 3 is 2.69 bits per heavy atom. The summed E-state index contributed by atoms with van der Waals surface area (Å²) in [5.41, 5.74) is 0.298. The van der Waals surface area contributed by atoms with E-state index in [1.807, 2.05) is 6.92 Å². The van der Waals surface area contributed by atoms with E-state index in [0.717, 1.165) is 11.5 Å². The molecule has 1 unspecified atom stereocenters. The highest BCUT2D eigenvalue weighted by Crippen LogP contribution is 2.17. The summed E-state index contributed by atoms with van der Waals surface area (Å²) in [6.45, 7) is 7.28. The fourth-order valence-electron chi connectivity index (χ4n) is 1.06. The number of rotatable bonds is 2. The summed E-state index contributed by atoms with van der Waals surface area (Å²) in [7, 11) is 0. The van der Waals surface area contributed by atoms with Crippen LogP contribution in [0.4, 0.5) is 0 Å². The number of hydrogen-bond donors (Lipinski definition) is 0. The predicted molar refractivity (Wildman–Crippen MR) is 46.4 cm³/mol. The van der Waals surface area contributed by atoms with Gasteiger partial charge in [0.2, 0.25) is 0 Å². The Hall–Kier alpha value is -1.32. The summed E-state index contributed by atoms with van der Waals surface area (Å²) in [4.78, 5) is 27.1. The summed E-state index contributed by atoms with van der Waals surface area (Å²) in [6.07, 6.45) is 0.738. The molecule has 1 atom stereocenters. The van der Waals surface area contributed by atoms with Gasteiger partial charge in [0, 0.05) is 11.5 Å². The molecule has 0 spiro atoms. The molecule has 1 aliphatic rings. The zero-order valence-corrected chi connectivity index (χ0v) is 7.87. The van der Waals surface area contributed by atoms with Gasteiger partial charge in [0.1, 0.15) is 0 Å². The minimum absolute atomic E-state index is 0.0436. The second-order valence-corrected chi connectivity index (χ2v) is 3.29. The van der Waals surface area contributed by atoms with Gasteiger partial charge in [-0.2, -0.15) is 5.06 Å². The Morgan fingerprint density at radius 1 is 1.69 bits per heavy atom. The zero-order valence-electron chi connectivity index (χ0n) is 7.87.